The summed E-state index contributed by atoms with van der Waals surface area (Å²) in [5.74, 6) is -0.377. The highest BCUT2D eigenvalue weighted by molar-refractivity contribution is 7.89. The summed E-state index contributed by atoms with van der Waals surface area (Å²) in [6, 6.07) is 0.0482. The van der Waals surface area contributed by atoms with Crippen LogP contribution in [0.25, 0.3) is 0 Å². The van der Waals surface area contributed by atoms with Crippen molar-refractivity contribution in [1.82, 2.24) is 14.5 Å². The predicted molar refractivity (Wildman–Crippen MR) is 86.9 cm³/mol. The molecule has 2 heterocycles. The summed E-state index contributed by atoms with van der Waals surface area (Å²) >= 11 is 0. The van der Waals surface area contributed by atoms with Crippen LogP contribution in [0.3, 0.4) is 0 Å². The third-order valence-corrected chi connectivity index (χ3v) is 5.81. The van der Waals surface area contributed by atoms with E-state index in [2.05, 4.69) is 10.2 Å². The first-order chi connectivity index (χ1) is 10.4. The lowest BCUT2D eigenvalue weighted by Crippen LogP contribution is -2.42. The molecule has 8 nitrogen and oxygen atoms in total. The summed E-state index contributed by atoms with van der Waals surface area (Å²) in [4.78, 5) is 11.8. The van der Waals surface area contributed by atoms with Crippen molar-refractivity contribution in [3.05, 3.63) is 11.8 Å². The van der Waals surface area contributed by atoms with Crippen LogP contribution >= 0.6 is 12.4 Å². The quantitative estimate of drug-likeness (QED) is 0.742. The van der Waals surface area contributed by atoms with Crippen molar-refractivity contribution in [1.29, 1.82) is 0 Å². The highest BCUT2D eigenvalue weighted by Crippen LogP contribution is 2.26. The van der Waals surface area contributed by atoms with E-state index in [0.717, 1.165) is 0 Å². The van der Waals surface area contributed by atoms with Gasteiger partial charge in [0.15, 0.2) is 5.03 Å². The summed E-state index contributed by atoms with van der Waals surface area (Å²) in [5, 5.41) is 5.89. The number of aromatic nitrogens is 2. The Morgan fingerprint density at radius 2 is 2.13 bits per heavy atom. The van der Waals surface area contributed by atoms with E-state index in [9.17, 15) is 13.2 Å². The predicted octanol–water partition coefficient (Wildman–Crippen LogP) is 0.756. The molecule has 132 valence electrons. The van der Waals surface area contributed by atoms with Gasteiger partial charge in [-0.15, -0.1) is 12.4 Å². The van der Waals surface area contributed by atoms with Crippen LogP contribution in [0.1, 0.15) is 37.0 Å². The summed E-state index contributed by atoms with van der Waals surface area (Å²) in [5.41, 5.74) is 5.81. The number of hydrogen-bond donors (Lipinski definition) is 2. The number of carbonyl (C=O) groups excluding carboxylic acids is 1. The summed E-state index contributed by atoms with van der Waals surface area (Å²) in [7, 11) is -3.79. The van der Waals surface area contributed by atoms with Crippen LogP contribution in [0, 0.1) is 5.92 Å². The minimum Gasteiger partial charge on any atom is -0.462 e. The number of ether oxygens (including phenoxy) is 1. The second kappa shape index (κ2) is 8.09. The van der Waals surface area contributed by atoms with Crippen molar-refractivity contribution in [2.45, 2.75) is 37.8 Å². The van der Waals surface area contributed by atoms with Crippen LogP contribution < -0.4 is 5.73 Å². The van der Waals surface area contributed by atoms with Gasteiger partial charge >= 0.3 is 5.97 Å². The molecular formula is C13H23ClN4O4S. The average Bonchev–Trinajstić information content (AvgIpc) is 2.98. The van der Waals surface area contributed by atoms with Gasteiger partial charge in [-0.1, -0.05) is 0 Å². The minimum absolute atomic E-state index is 0. The standard InChI is InChI=1S/C13H22N4O4S.ClH/c1-3-21-13(18)11-8-15-16-12(11)22(19,20)17-6-4-10(5-7-17)9(2)14;/h8-10H,3-7,14H2,1-2H3,(H,15,16);1H. The van der Waals surface area contributed by atoms with Gasteiger partial charge in [-0.25, -0.2) is 13.2 Å². The van der Waals surface area contributed by atoms with E-state index in [1.807, 2.05) is 6.92 Å². The van der Waals surface area contributed by atoms with E-state index in [0.29, 0.717) is 31.8 Å². The van der Waals surface area contributed by atoms with E-state index >= 15 is 0 Å². The van der Waals surface area contributed by atoms with Gasteiger partial charge in [-0.2, -0.15) is 9.40 Å². The molecule has 1 aliphatic heterocycles. The van der Waals surface area contributed by atoms with Gasteiger partial charge < -0.3 is 10.5 Å². The molecule has 1 fully saturated rings. The average molecular weight is 367 g/mol. The number of aromatic amines is 1. The largest absolute Gasteiger partial charge is 0.462 e. The molecule has 0 radical (unpaired) electrons. The first-order valence-corrected chi connectivity index (χ1v) is 8.78. The third kappa shape index (κ3) is 4.23. The first-order valence-electron chi connectivity index (χ1n) is 7.34. The number of hydrogen-bond acceptors (Lipinski definition) is 6. The zero-order chi connectivity index (χ0) is 16.3. The van der Waals surface area contributed by atoms with Crippen molar-refractivity contribution in [3.63, 3.8) is 0 Å². The van der Waals surface area contributed by atoms with Crippen LogP contribution in [0.5, 0.6) is 0 Å². The Morgan fingerprint density at radius 1 is 1.52 bits per heavy atom. The van der Waals surface area contributed by atoms with Gasteiger partial charge in [0.25, 0.3) is 10.0 Å². The van der Waals surface area contributed by atoms with Crippen molar-refractivity contribution in [2.75, 3.05) is 19.7 Å². The topological polar surface area (TPSA) is 118 Å². The van der Waals surface area contributed by atoms with Gasteiger partial charge in [-0.3, -0.25) is 5.10 Å². The molecule has 1 unspecified atom stereocenters. The second-order valence-electron chi connectivity index (χ2n) is 5.43. The van der Waals surface area contributed by atoms with Crippen molar-refractivity contribution in [3.8, 4) is 0 Å². The molecule has 1 atom stereocenters. The highest BCUT2D eigenvalue weighted by atomic mass is 35.5. The van der Waals surface area contributed by atoms with Crippen LogP contribution in [0.4, 0.5) is 0 Å². The summed E-state index contributed by atoms with van der Waals surface area (Å²) in [6.07, 6.45) is 2.60. The van der Waals surface area contributed by atoms with Gasteiger partial charge in [-0.05, 0) is 32.6 Å². The first kappa shape index (κ1) is 19.9. The van der Waals surface area contributed by atoms with Gasteiger partial charge in [0.1, 0.15) is 5.56 Å². The zero-order valence-electron chi connectivity index (χ0n) is 13.2. The van der Waals surface area contributed by atoms with Crippen LogP contribution in [-0.2, 0) is 14.8 Å². The lowest BCUT2D eigenvalue weighted by atomic mass is 9.92. The van der Waals surface area contributed by atoms with E-state index in [-0.39, 0.29) is 35.6 Å². The smallest absolute Gasteiger partial charge is 0.342 e. The number of H-pyrrole nitrogens is 1. The molecule has 1 aromatic rings. The van der Waals surface area contributed by atoms with Crippen molar-refractivity contribution in [2.24, 2.45) is 11.7 Å². The minimum atomic E-state index is -3.79. The molecule has 0 aromatic carbocycles. The number of rotatable bonds is 5. The van der Waals surface area contributed by atoms with E-state index in [1.165, 1.54) is 10.5 Å². The number of esters is 1. The van der Waals surface area contributed by atoms with Gasteiger partial charge in [0.2, 0.25) is 0 Å². The van der Waals surface area contributed by atoms with E-state index in [4.69, 9.17) is 10.5 Å². The molecule has 0 bridgehead atoms. The number of nitrogens with zero attached hydrogens (tertiary/aromatic N) is 2. The van der Waals surface area contributed by atoms with Crippen LogP contribution in [-0.4, -0.2) is 54.6 Å². The molecule has 23 heavy (non-hydrogen) atoms. The van der Waals surface area contributed by atoms with Crippen LogP contribution in [0.15, 0.2) is 11.2 Å². The SMILES string of the molecule is CCOC(=O)c1cn[nH]c1S(=O)(=O)N1CCC(C(C)N)CC1.Cl. The maximum atomic E-state index is 12.7. The maximum Gasteiger partial charge on any atom is 0.342 e. The van der Waals surface area contributed by atoms with Gasteiger partial charge in [0.05, 0.1) is 12.8 Å². The number of sulfonamides is 1. The van der Waals surface area contributed by atoms with E-state index < -0.39 is 16.0 Å². The summed E-state index contributed by atoms with van der Waals surface area (Å²) in [6.45, 7) is 4.53. The molecule has 3 N–H and O–H groups in total. The molecular weight excluding hydrogens is 344 g/mol. The fourth-order valence-electron chi connectivity index (χ4n) is 2.60. The molecule has 1 aromatic heterocycles. The second-order valence-corrected chi connectivity index (χ2v) is 7.31. The Hall–Kier alpha value is -1.16. The Balaban J connectivity index is 0.00000264. The summed E-state index contributed by atoms with van der Waals surface area (Å²) < 4.78 is 31.6. The van der Waals surface area contributed by atoms with Crippen molar-refractivity contribution >= 4 is 28.4 Å². The maximum absolute atomic E-state index is 12.7. The number of halogens is 1. The highest BCUT2D eigenvalue weighted by Gasteiger charge is 2.34. The molecule has 0 spiro atoms. The number of nitrogens with two attached hydrogens (primary N) is 1. The van der Waals surface area contributed by atoms with E-state index in [1.54, 1.807) is 6.92 Å². The monoisotopic (exact) mass is 366 g/mol. The number of piperidine rings is 1. The molecule has 0 aliphatic carbocycles. The fraction of sp³-hybridized carbons (Fsp3) is 0.692. The molecule has 0 amide bonds. The zero-order valence-corrected chi connectivity index (χ0v) is 14.8. The molecule has 10 heteroatoms. The Kier molecular flexibility index (Phi) is 7.00. The Labute approximate surface area is 142 Å². The van der Waals surface area contributed by atoms with Gasteiger partial charge in [0, 0.05) is 19.1 Å². The lowest BCUT2D eigenvalue weighted by Gasteiger charge is -2.32. The number of carbonyl (C=O) groups is 1. The molecule has 1 aliphatic rings. The molecule has 0 saturated carbocycles. The Morgan fingerprint density at radius 3 is 2.65 bits per heavy atom. The fourth-order valence-corrected chi connectivity index (χ4v) is 4.13. The Bertz CT molecular complexity index is 624. The molecule has 1 saturated heterocycles. The number of nitrogens with one attached hydrogen (secondary N) is 1. The lowest BCUT2D eigenvalue weighted by molar-refractivity contribution is 0.0521. The van der Waals surface area contributed by atoms with Crippen LogP contribution in [0.2, 0.25) is 0 Å². The molecule has 2 rings (SSSR count). The third-order valence-electron chi connectivity index (χ3n) is 3.94. The normalized spacial score (nSPS) is 18.2. The van der Waals surface area contributed by atoms with Crippen molar-refractivity contribution < 1.29 is 17.9 Å².